The summed E-state index contributed by atoms with van der Waals surface area (Å²) in [6, 6.07) is 1.09. The van der Waals surface area contributed by atoms with Crippen LogP contribution in [0.1, 0.15) is 17.2 Å². The van der Waals surface area contributed by atoms with Gasteiger partial charge in [-0.3, -0.25) is 14.4 Å². The van der Waals surface area contributed by atoms with Crippen molar-refractivity contribution in [1.82, 2.24) is 4.98 Å². The summed E-state index contributed by atoms with van der Waals surface area (Å²) < 4.78 is 0. The van der Waals surface area contributed by atoms with Gasteiger partial charge in [-0.15, -0.1) is 0 Å². The molecule has 0 aliphatic rings. The molecule has 0 unspecified atom stereocenters. The van der Waals surface area contributed by atoms with Gasteiger partial charge in [0.1, 0.15) is 5.75 Å². The van der Waals surface area contributed by atoms with Crippen molar-refractivity contribution < 1.29 is 24.9 Å². The average molecular weight is 227 g/mol. The van der Waals surface area contributed by atoms with Crippen LogP contribution in [0.25, 0.3) is 0 Å². The molecule has 1 rings (SSSR count). The Hall–Kier alpha value is -2.31. The zero-order valence-electron chi connectivity index (χ0n) is 8.22. The van der Waals surface area contributed by atoms with Crippen molar-refractivity contribution in [2.24, 2.45) is 0 Å². The molecule has 1 heterocycles. The number of pyridine rings is 1. The minimum absolute atomic E-state index is 0.306. The lowest BCUT2D eigenvalue weighted by Gasteiger charge is -2.09. The topological polar surface area (TPSA) is 128 Å². The van der Waals surface area contributed by atoms with Crippen LogP contribution in [-0.2, 0) is 9.59 Å². The summed E-state index contributed by atoms with van der Waals surface area (Å²) in [4.78, 5) is 35.0. The van der Waals surface area contributed by atoms with E-state index in [0.29, 0.717) is 5.69 Å². The number of aromatic amines is 1. The fraction of sp³-hybridized carbons (Fsp3) is 0.222. The molecule has 1 aromatic rings. The Kier molecular flexibility index (Phi) is 2.98. The van der Waals surface area contributed by atoms with E-state index in [1.807, 2.05) is 0 Å². The minimum atomic E-state index is -2.08. The van der Waals surface area contributed by atoms with Crippen molar-refractivity contribution in [3.8, 4) is 5.75 Å². The van der Waals surface area contributed by atoms with E-state index in [1.165, 1.54) is 6.92 Å². The zero-order valence-corrected chi connectivity index (χ0v) is 8.22. The third-order valence-electron chi connectivity index (χ3n) is 1.97. The van der Waals surface area contributed by atoms with Gasteiger partial charge in [-0.25, -0.2) is 0 Å². The minimum Gasteiger partial charge on any atom is -0.507 e. The first-order valence-corrected chi connectivity index (χ1v) is 4.23. The maximum atomic E-state index is 11.4. The second-order valence-electron chi connectivity index (χ2n) is 3.19. The summed E-state index contributed by atoms with van der Waals surface area (Å²) >= 11 is 0. The molecular weight excluding hydrogens is 218 g/mol. The Balaban J connectivity index is 3.47. The number of carboxylic acid groups (broad SMARTS) is 2. The largest absolute Gasteiger partial charge is 0.507 e. The molecular formula is C9H9NO6. The van der Waals surface area contributed by atoms with Crippen LogP contribution >= 0.6 is 0 Å². The van der Waals surface area contributed by atoms with Crippen LogP contribution in [0.4, 0.5) is 0 Å². The molecule has 4 N–H and O–H groups in total. The van der Waals surface area contributed by atoms with Crippen molar-refractivity contribution in [3.05, 3.63) is 27.7 Å². The molecule has 0 aromatic carbocycles. The van der Waals surface area contributed by atoms with Gasteiger partial charge in [0.25, 0.3) is 5.56 Å². The summed E-state index contributed by atoms with van der Waals surface area (Å²) in [7, 11) is 0. The highest BCUT2D eigenvalue weighted by Gasteiger charge is 2.33. The molecule has 0 atom stereocenters. The SMILES string of the molecule is Cc1cc(O)c(C(C(=O)O)C(=O)O)c(=O)[nH]1. The second-order valence-corrected chi connectivity index (χ2v) is 3.19. The van der Waals surface area contributed by atoms with Crippen molar-refractivity contribution in [3.63, 3.8) is 0 Å². The van der Waals surface area contributed by atoms with E-state index in [1.54, 1.807) is 0 Å². The number of hydrogen-bond donors (Lipinski definition) is 4. The summed E-state index contributed by atoms with van der Waals surface area (Å²) in [6.45, 7) is 1.47. The van der Waals surface area contributed by atoms with Gasteiger partial charge >= 0.3 is 11.9 Å². The van der Waals surface area contributed by atoms with Gasteiger partial charge in [-0.1, -0.05) is 0 Å². The van der Waals surface area contributed by atoms with E-state index >= 15 is 0 Å². The van der Waals surface area contributed by atoms with Crippen LogP contribution in [0.15, 0.2) is 10.9 Å². The van der Waals surface area contributed by atoms with E-state index in [-0.39, 0.29) is 0 Å². The number of aromatic nitrogens is 1. The Labute approximate surface area is 89.0 Å². The van der Waals surface area contributed by atoms with Crippen LogP contribution in [0.5, 0.6) is 5.75 Å². The molecule has 0 bridgehead atoms. The number of nitrogens with one attached hydrogen (secondary N) is 1. The Morgan fingerprint density at radius 2 is 1.81 bits per heavy atom. The first-order chi connectivity index (χ1) is 7.34. The maximum Gasteiger partial charge on any atom is 0.322 e. The van der Waals surface area contributed by atoms with Crippen molar-refractivity contribution in [2.75, 3.05) is 0 Å². The van der Waals surface area contributed by atoms with Gasteiger partial charge in [-0.05, 0) is 13.0 Å². The quantitative estimate of drug-likeness (QED) is 0.522. The highest BCUT2D eigenvalue weighted by Crippen LogP contribution is 2.22. The molecule has 86 valence electrons. The molecule has 16 heavy (non-hydrogen) atoms. The van der Waals surface area contributed by atoms with E-state index in [0.717, 1.165) is 6.07 Å². The van der Waals surface area contributed by atoms with E-state index < -0.39 is 34.7 Å². The Morgan fingerprint density at radius 3 is 2.19 bits per heavy atom. The molecule has 7 nitrogen and oxygen atoms in total. The number of hydrogen-bond acceptors (Lipinski definition) is 4. The summed E-state index contributed by atoms with van der Waals surface area (Å²) in [5, 5.41) is 26.7. The van der Waals surface area contributed by atoms with E-state index in [4.69, 9.17) is 10.2 Å². The number of carbonyl (C=O) groups is 2. The highest BCUT2D eigenvalue weighted by molar-refractivity contribution is 5.99. The third-order valence-corrected chi connectivity index (χ3v) is 1.97. The molecule has 0 aliphatic heterocycles. The number of rotatable bonds is 3. The van der Waals surface area contributed by atoms with Gasteiger partial charge in [0, 0.05) is 5.69 Å². The highest BCUT2D eigenvalue weighted by atomic mass is 16.4. The molecule has 0 saturated carbocycles. The maximum absolute atomic E-state index is 11.4. The smallest absolute Gasteiger partial charge is 0.322 e. The molecule has 7 heteroatoms. The average Bonchev–Trinajstić information content (AvgIpc) is 2.09. The number of carboxylic acids is 2. The number of aliphatic carboxylic acids is 2. The van der Waals surface area contributed by atoms with Crippen molar-refractivity contribution >= 4 is 11.9 Å². The second kappa shape index (κ2) is 4.05. The van der Waals surface area contributed by atoms with Crippen molar-refractivity contribution in [1.29, 1.82) is 0 Å². The first kappa shape index (κ1) is 11.8. The van der Waals surface area contributed by atoms with Gasteiger partial charge in [0.2, 0.25) is 0 Å². The van der Waals surface area contributed by atoms with Crippen LogP contribution in [-0.4, -0.2) is 32.2 Å². The summed E-state index contributed by atoms with van der Waals surface area (Å²) in [5.74, 6) is -6.14. The fourth-order valence-corrected chi connectivity index (χ4v) is 1.31. The number of aromatic hydroxyl groups is 1. The molecule has 0 amide bonds. The fourth-order valence-electron chi connectivity index (χ4n) is 1.31. The molecule has 1 aromatic heterocycles. The van der Waals surface area contributed by atoms with Gasteiger partial charge in [-0.2, -0.15) is 0 Å². The lowest BCUT2D eigenvalue weighted by atomic mass is 10.00. The predicted octanol–water partition coefficient (Wildman–Crippen LogP) is -0.358. The molecule has 0 saturated heterocycles. The summed E-state index contributed by atoms with van der Waals surface area (Å²) in [5.41, 5.74) is -1.29. The Bertz CT molecular complexity index is 489. The molecule has 0 spiro atoms. The standard InChI is InChI=1S/C9H9NO6/c1-3-2-4(11)5(7(12)10-3)6(8(13)14)9(15)16/h2,6H,1H3,(H,13,14)(H,15,16)(H2,10,11,12). The molecule has 0 radical (unpaired) electrons. The van der Waals surface area contributed by atoms with Gasteiger partial charge < -0.3 is 20.3 Å². The lowest BCUT2D eigenvalue weighted by Crippen LogP contribution is -2.28. The van der Waals surface area contributed by atoms with Crippen molar-refractivity contribution in [2.45, 2.75) is 12.8 Å². The number of aryl methyl sites for hydroxylation is 1. The van der Waals surface area contributed by atoms with Crippen LogP contribution in [0.3, 0.4) is 0 Å². The molecule has 0 fully saturated rings. The third kappa shape index (κ3) is 2.02. The monoisotopic (exact) mass is 227 g/mol. The van der Waals surface area contributed by atoms with Crippen LogP contribution in [0, 0.1) is 6.92 Å². The van der Waals surface area contributed by atoms with Gasteiger partial charge in [0.05, 0.1) is 5.56 Å². The first-order valence-electron chi connectivity index (χ1n) is 4.23. The van der Waals surface area contributed by atoms with Crippen LogP contribution in [0.2, 0.25) is 0 Å². The lowest BCUT2D eigenvalue weighted by molar-refractivity contribution is -0.150. The summed E-state index contributed by atoms with van der Waals surface area (Å²) in [6.07, 6.45) is 0. The normalized spacial score (nSPS) is 10.4. The zero-order chi connectivity index (χ0) is 12.5. The Morgan fingerprint density at radius 1 is 1.31 bits per heavy atom. The molecule has 0 aliphatic carbocycles. The van der Waals surface area contributed by atoms with Gasteiger partial charge in [0.15, 0.2) is 5.92 Å². The van der Waals surface area contributed by atoms with Crippen LogP contribution < -0.4 is 5.56 Å². The van der Waals surface area contributed by atoms with E-state index in [2.05, 4.69) is 4.98 Å². The number of H-pyrrole nitrogens is 1. The predicted molar refractivity (Wildman–Crippen MR) is 51.5 cm³/mol. The van der Waals surface area contributed by atoms with E-state index in [9.17, 15) is 19.5 Å².